The Kier molecular flexibility index (Phi) is 2.92. The van der Waals surface area contributed by atoms with Crippen LogP contribution < -0.4 is 0 Å². The van der Waals surface area contributed by atoms with Crippen molar-refractivity contribution in [2.75, 3.05) is 0 Å². The smallest absolute Gasteiger partial charge is 0.158 e. The highest BCUT2D eigenvalue weighted by Gasteiger charge is 2.56. The summed E-state index contributed by atoms with van der Waals surface area (Å²) in [5.41, 5.74) is 3.73. The van der Waals surface area contributed by atoms with Gasteiger partial charge in [0.1, 0.15) is 0 Å². The first kappa shape index (κ1) is 13.3. The Balaban J connectivity index is 2.59. The second-order valence-corrected chi connectivity index (χ2v) is 6.70. The van der Waals surface area contributed by atoms with Gasteiger partial charge in [-0.25, -0.2) is 0 Å². The van der Waals surface area contributed by atoms with E-state index < -0.39 is 0 Å². The van der Waals surface area contributed by atoms with Crippen LogP contribution in [0.25, 0.3) is 0 Å². The number of carbonyl (C=O) groups is 1. The first-order valence-electron chi connectivity index (χ1n) is 6.77. The molecule has 0 heterocycles. The Morgan fingerprint density at radius 3 is 2.56 bits per heavy atom. The molecule has 1 nitrogen and oxygen atoms in total. The van der Waals surface area contributed by atoms with Crippen LogP contribution in [0.1, 0.15) is 47.0 Å². The summed E-state index contributed by atoms with van der Waals surface area (Å²) >= 11 is 0. The number of fused-ring (bicyclic) bond motifs is 1. The van der Waals surface area contributed by atoms with Crippen molar-refractivity contribution in [3.8, 4) is 0 Å². The van der Waals surface area contributed by atoms with Crippen LogP contribution in [0, 0.1) is 16.7 Å². The summed E-state index contributed by atoms with van der Waals surface area (Å²) in [7, 11) is 0. The van der Waals surface area contributed by atoms with Crippen LogP contribution in [0.3, 0.4) is 0 Å². The first-order valence-corrected chi connectivity index (χ1v) is 6.77. The highest BCUT2D eigenvalue weighted by molar-refractivity contribution is 5.97. The van der Waals surface area contributed by atoms with E-state index in [0.29, 0.717) is 18.1 Å². The summed E-state index contributed by atoms with van der Waals surface area (Å²) in [6, 6.07) is 0. The Bertz CT molecular complexity index is 464. The molecule has 2 aliphatic rings. The lowest BCUT2D eigenvalue weighted by molar-refractivity contribution is -0.119. The highest BCUT2D eigenvalue weighted by atomic mass is 16.1. The van der Waals surface area contributed by atoms with E-state index in [0.717, 1.165) is 18.4 Å². The lowest BCUT2D eigenvalue weighted by atomic mass is 9.60. The van der Waals surface area contributed by atoms with Crippen molar-refractivity contribution in [2.45, 2.75) is 47.0 Å². The molecule has 0 saturated heterocycles. The van der Waals surface area contributed by atoms with Crippen LogP contribution in [-0.4, -0.2) is 5.78 Å². The molecule has 1 saturated carbocycles. The van der Waals surface area contributed by atoms with Gasteiger partial charge in [0.2, 0.25) is 0 Å². The van der Waals surface area contributed by atoms with Crippen LogP contribution in [0.15, 0.2) is 36.0 Å². The predicted octanol–water partition coefficient (Wildman–Crippen LogP) is 4.46. The molecule has 2 aliphatic carbocycles. The maximum absolute atomic E-state index is 12.2. The van der Waals surface area contributed by atoms with Gasteiger partial charge in [-0.1, -0.05) is 44.6 Å². The third-order valence-corrected chi connectivity index (χ3v) is 5.43. The van der Waals surface area contributed by atoms with Crippen LogP contribution in [0.4, 0.5) is 0 Å². The van der Waals surface area contributed by atoms with Crippen molar-refractivity contribution in [3.05, 3.63) is 36.0 Å². The van der Waals surface area contributed by atoms with Crippen molar-refractivity contribution in [3.63, 3.8) is 0 Å². The molecule has 0 aromatic carbocycles. The molecule has 0 aliphatic heterocycles. The van der Waals surface area contributed by atoms with Gasteiger partial charge in [0, 0.05) is 6.42 Å². The van der Waals surface area contributed by atoms with E-state index in [1.165, 1.54) is 11.1 Å². The van der Waals surface area contributed by atoms with Gasteiger partial charge in [0.15, 0.2) is 5.78 Å². The molecule has 0 N–H and O–H groups in total. The topological polar surface area (TPSA) is 17.1 Å². The molecule has 1 fully saturated rings. The van der Waals surface area contributed by atoms with Gasteiger partial charge < -0.3 is 0 Å². The van der Waals surface area contributed by atoms with Gasteiger partial charge in [-0.15, -0.1) is 6.58 Å². The summed E-state index contributed by atoms with van der Waals surface area (Å²) in [6.07, 6.45) is 4.44. The minimum absolute atomic E-state index is 0.0670. The summed E-state index contributed by atoms with van der Waals surface area (Å²) in [6.45, 7) is 16.9. The van der Waals surface area contributed by atoms with E-state index >= 15 is 0 Å². The average Bonchev–Trinajstić information content (AvgIpc) is 2.45. The van der Waals surface area contributed by atoms with Crippen molar-refractivity contribution in [1.29, 1.82) is 0 Å². The fourth-order valence-corrected chi connectivity index (χ4v) is 4.10. The maximum Gasteiger partial charge on any atom is 0.158 e. The first-order chi connectivity index (χ1) is 8.25. The van der Waals surface area contributed by atoms with Crippen LogP contribution in [0.2, 0.25) is 0 Å². The van der Waals surface area contributed by atoms with Gasteiger partial charge in [-0.2, -0.15) is 0 Å². The Hall–Kier alpha value is -1.11. The normalized spacial score (nSPS) is 34.8. The zero-order valence-electron chi connectivity index (χ0n) is 12.1. The molecule has 1 heteroatoms. The average molecular weight is 244 g/mol. The molecule has 0 bridgehead atoms. The molecule has 0 radical (unpaired) electrons. The molecule has 0 aromatic rings. The lowest BCUT2D eigenvalue weighted by Crippen LogP contribution is -2.38. The van der Waals surface area contributed by atoms with Crippen molar-refractivity contribution >= 4 is 5.78 Å². The van der Waals surface area contributed by atoms with Crippen LogP contribution in [-0.2, 0) is 4.79 Å². The molecule has 18 heavy (non-hydrogen) atoms. The van der Waals surface area contributed by atoms with Gasteiger partial charge in [-0.05, 0) is 42.1 Å². The fourth-order valence-electron chi connectivity index (χ4n) is 4.10. The summed E-state index contributed by atoms with van der Waals surface area (Å²) in [5.74, 6) is 0.709. The number of rotatable bonds is 2. The molecule has 1 unspecified atom stereocenters. The Morgan fingerprint density at radius 1 is 1.39 bits per heavy atom. The minimum atomic E-state index is 0.0670. The molecule has 0 spiro atoms. The van der Waals surface area contributed by atoms with E-state index in [1.807, 2.05) is 13.0 Å². The second kappa shape index (κ2) is 3.94. The molecular weight excluding hydrogens is 220 g/mol. The van der Waals surface area contributed by atoms with Gasteiger partial charge in [0.05, 0.1) is 0 Å². The quantitative estimate of drug-likeness (QED) is 0.655. The van der Waals surface area contributed by atoms with Gasteiger partial charge >= 0.3 is 0 Å². The van der Waals surface area contributed by atoms with Gasteiger partial charge in [-0.3, -0.25) is 4.79 Å². The van der Waals surface area contributed by atoms with E-state index in [-0.39, 0.29) is 10.8 Å². The minimum Gasteiger partial charge on any atom is -0.295 e. The summed E-state index contributed by atoms with van der Waals surface area (Å²) in [5, 5.41) is 0. The van der Waals surface area contributed by atoms with Crippen molar-refractivity contribution in [1.82, 2.24) is 0 Å². The van der Waals surface area contributed by atoms with Gasteiger partial charge in [0.25, 0.3) is 0 Å². The van der Waals surface area contributed by atoms with E-state index in [4.69, 9.17) is 0 Å². The fraction of sp³-hybridized carbons (Fsp3) is 0.588. The number of hydrogen-bond acceptors (Lipinski definition) is 1. The molecule has 2 atom stereocenters. The monoisotopic (exact) mass is 244 g/mol. The zero-order valence-corrected chi connectivity index (χ0v) is 12.1. The SMILES string of the molecule is C=CCC1=C(C)C(=O)CC2C(C)(C)C(=C)C[C@]12C. The molecule has 2 rings (SSSR count). The second-order valence-electron chi connectivity index (χ2n) is 6.70. The zero-order chi connectivity index (χ0) is 13.7. The van der Waals surface area contributed by atoms with Crippen LogP contribution >= 0.6 is 0 Å². The van der Waals surface area contributed by atoms with E-state index in [2.05, 4.69) is 33.9 Å². The highest BCUT2D eigenvalue weighted by Crippen LogP contribution is 2.63. The number of hydrogen-bond donors (Lipinski definition) is 0. The molecular formula is C17H24O. The molecule has 98 valence electrons. The van der Waals surface area contributed by atoms with E-state index in [9.17, 15) is 4.79 Å². The number of allylic oxidation sites excluding steroid dienone is 4. The number of carbonyl (C=O) groups excluding carboxylic acids is 1. The Morgan fingerprint density at radius 2 is 2.00 bits per heavy atom. The van der Waals surface area contributed by atoms with E-state index in [1.54, 1.807) is 0 Å². The number of ketones is 1. The molecule has 0 amide bonds. The largest absolute Gasteiger partial charge is 0.295 e. The summed E-state index contributed by atoms with van der Waals surface area (Å²) in [4.78, 5) is 12.2. The standard InChI is InChI=1S/C17H24O/c1-7-8-13-12(3)14(18)9-15-16(4,5)11(2)10-17(13,15)6/h7,15H,1-2,8-10H2,3-6H3/t15?,17-/m1/s1. The third kappa shape index (κ3) is 1.56. The van der Waals surface area contributed by atoms with Crippen LogP contribution in [0.5, 0.6) is 0 Å². The Labute approximate surface area is 111 Å². The lowest BCUT2D eigenvalue weighted by Gasteiger charge is -2.43. The summed E-state index contributed by atoms with van der Waals surface area (Å²) < 4.78 is 0. The number of Topliss-reactive ketones (excluding diaryl/α,β-unsaturated/α-hetero) is 1. The van der Waals surface area contributed by atoms with Crippen molar-refractivity contribution < 1.29 is 4.79 Å². The van der Waals surface area contributed by atoms with Crippen molar-refractivity contribution in [2.24, 2.45) is 16.7 Å². The maximum atomic E-state index is 12.2. The third-order valence-electron chi connectivity index (χ3n) is 5.43. The molecule has 0 aromatic heterocycles. The predicted molar refractivity (Wildman–Crippen MR) is 76.3 cm³/mol.